The predicted octanol–water partition coefficient (Wildman–Crippen LogP) is 4.03. The average molecular weight is 254 g/mol. The van der Waals surface area contributed by atoms with Crippen molar-refractivity contribution in [2.24, 2.45) is 0 Å². The van der Waals surface area contributed by atoms with Gasteiger partial charge in [0.25, 0.3) is 0 Å². The molecule has 1 atom stereocenters. The number of nitrogens with zero attached hydrogens (tertiary/aromatic N) is 1. The highest BCUT2D eigenvalue weighted by molar-refractivity contribution is 5.87. The van der Waals surface area contributed by atoms with Crippen LogP contribution in [0.1, 0.15) is 32.8 Å². The van der Waals surface area contributed by atoms with E-state index in [-0.39, 0.29) is 0 Å². The van der Waals surface area contributed by atoms with E-state index in [2.05, 4.69) is 61.4 Å². The van der Waals surface area contributed by atoms with E-state index in [0.29, 0.717) is 6.04 Å². The van der Waals surface area contributed by atoms with Crippen molar-refractivity contribution in [3.8, 4) is 0 Å². The molecule has 2 aromatic rings. The second-order valence-corrected chi connectivity index (χ2v) is 4.98. The van der Waals surface area contributed by atoms with E-state index < -0.39 is 0 Å². The van der Waals surface area contributed by atoms with E-state index in [1.54, 1.807) is 0 Å². The lowest BCUT2D eigenvalue weighted by Gasteiger charge is -2.14. The summed E-state index contributed by atoms with van der Waals surface area (Å²) in [5.74, 6) is 0. The van der Waals surface area contributed by atoms with Gasteiger partial charge in [-0.25, -0.2) is 0 Å². The van der Waals surface area contributed by atoms with Crippen LogP contribution in [0.2, 0.25) is 0 Å². The van der Waals surface area contributed by atoms with Crippen molar-refractivity contribution in [3.05, 3.63) is 47.7 Å². The first-order valence-electron chi connectivity index (χ1n) is 6.97. The van der Waals surface area contributed by atoms with Gasteiger partial charge in [0.1, 0.15) is 0 Å². The maximum Gasteiger partial charge on any atom is 0.0707 e. The molecule has 0 radical (unpaired) electrons. The zero-order valence-electron chi connectivity index (χ0n) is 12.0. The van der Waals surface area contributed by atoms with Crippen LogP contribution < -0.4 is 5.32 Å². The second kappa shape index (κ2) is 6.48. The van der Waals surface area contributed by atoms with Gasteiger partial charge in [0.05, 0.1) is 5.52 Å². The largest absolute Gasteiger partial charge is 0.311 e. The third-order valence-corrected chi connectivity index (χ3v) is 3.45. The normalized spacial score (nSPS) is 13.7. The fraction of sp³-hybridized carbons (Fsp3) is 0.353. The smallest absolute Gasteiger partial charge is 0.0707 e. The van der Waals surface area contributed by atoms with E-state index in [1.807, 2.05) is 12.3 Å². The fourth-order valence-electron chi connectivity index (χ4n) is 2.14. The van der Waals surface area contributed by atoms with E-state index >= 15 is 0 Å². The summed E-state index contributed by atoms with van der Waals surface area (Å²) in [5, 5.41) is 4.73. The molecule has 1 aromatic heterocycles. The molecule has 2 rings (SSSR count). The number of para-hydroxylation sites is 1. The van der Waals surface area contributed by atoms with E-state index in [1.165, 1.54) is 16.5 Å². The topological polar surface area (TPSA) is 24.9 Å². The molecule has 0 bridgehead atoms. The van der Waals surface area contributed by atoms with Gasteiger partial charge in [0.15, 0.2) is 0 Å². The van der Waals surface area contributed by atoms with Gasteiger partial charge in [-0.2, -0.15) is 0 Å². The van der Waals surface area contributed by atoms with Gasteiger partial charge < -0.3 is 5.32 Å². The molecule has 0 saturated carbocycles. The van der Waals surface area contributed by atoms with Crippen molar-refractivity contribution < 1.29 is 0 Å². The molecule has 0 amide bonds. The Morgan fingerprint density at radius 1 is 1.32 bits per heavy atom. The van der Waals surface area contributed by atoms with Crippen molar-refractivity contribution in [2.75, 3.05) is 6.54 Å². The average Bonchev–Trinajstić information content (AvgIpc) is 2.45. The van der Waals surface area contributed by atoms with Crippen molar-refractivity contribution in [2.45, 2.75) is 33.2 Å². The van der Waals surface area contributed by atoms with Crippen molar-refractivity contribution in [1.82, 2.24) is 10.3 Å². The highest BCUT2D eigenvalue weighted by atomic mass is 14.9. The van der Waals surface area contributed by atoms with Crippen LogP contribution in [0.25, 0.3) is 17.0 Å². The summed E-state index contributed by atoms with van der Waals surface area (Å²) in [6, 6.07) is 10.8. The molecule has 0 saturated heterocycles. The molecule has 1 aromatic carbocycles. The minimum atomic E-state index is 0.409. The van der Waals surface area contributed by atoms with Crippen LogP contribution in [0.4, 0.5) is 0 Å². The highest BCUT2D eigenvalue weighted by Gasteiger charge is 2.04. The summed E-state index contributed by atoms with van der Waals surface area (Å²) < 4.78 is 0. The molecular weight excluding hydrogens is 232 g/mol. The number of hydrogen-bond donors (Lipinski definition) is 1. The summed E-state index contributed by atoms with van der Waals surface area (Å²) >= 11 is 0. The second-order valence-electron chi connectivity index (χ2n) is 4.98. The zero-order valence-corrected chi connectivity index (χ0v) is 12.0. The first kappa shape index (κ1) is 13.8. The molecule has 0 aliphatic carbocycles. The molecule has 0 spiro atoms. The van der Waals surface area contributed by atoms with Crippen LogP contribution >= 0.6 is 0 Å². The molecular formula is C17H22N2. The molecule has 2 nitrogen and oxygen atoms in total. The van der Waals surface area contributed by atoms with Crippen molar-refractivity contribution in [1.29, 1.82) is 0 Å². The summed E-state index contributed by atoms with van der Waals surface area (Å²) in [5.41, 5.74) is 3.65. The highest BCUT2D eigenvalue weighted by Crippen LogP contribution is 2.19. The van der Waals surface area contributed by atoms with Gasteiger partial charge in [-0.05, 0) is 44.5 Å². The van der Waals surface area contributed by atoms with Crippen LogP contribution in [0.5, 0.6) is 0 Å². The van der Waals surface area contributed by atoms with Gasteiger partial charge in [-0.1, -0.05) is 36.8 Å². The Hall–Kier alpha value is -1.67. The van der Waals surface area contributed by atoms with Gasteiger partial charge >= 0.3 is 0 Å². The van der Waals surface area contributed by atoms with Crippen molar-refractivity contribution in [3.63, 3.8) is 0 Å². The number of aromatic nitrogens is 1. The molecule has 0 fully saturated rings. The Bertz CT molecular complexity index is 567. The Labute approximate surface area is 115 Å². The number of nitrogens with one attached hydrogen (secondary N) is 1. The lowest BCUT2D eigenvalue weighted by atomic mass is 10.0. The molecule has 100 valence electrons. The number of hydrogen-bond acceptors (Lipinski definition) is 2. The summed E-state index contributed by atoms with van der Waals surface area (Å²) in [7, 11) is 0. The number of pyridine rings is 1. The van der Waals surface area contributed by atoms with Gasteiger partial charge in [-0.15, -0.1) is 0 Å². The third kappa shape index (κ3) is 3.42. The summed E-state index contributed by atoms with van der Waals surface area (Å²) in [6.07, 6.45) is 5.30. The lowest BCUT2D eigenvalue weighted by molar-refractivity contribution is 0.604. The monoisotopic (exact) mass is 254 g/mol. The molecule has 1 N–H and O–H groups in total. The Kier molecular flexibility index (Phi) is 4.69. The maximum atomic E-state index is 4.40. The number of rotatable bonds is 5. The minimum absolute atomic E-state index is 0.409. The molecule has 1 unspecified atom stereocenters. The first-order valence-corrected chi connectivity index (χ1v) is 6.97. The Morgan fingerprint density at radius 2 is 2.11 bits per heavy atom. The van der Waals surface area contributed by atoms with Crippen molar-refractivity contribution >= 4 is 17.0 Å². The van der Waals surface area contributed by atoms with Crippen LogP contribution in [-0.2, 0) is 0 Å². The molecule has 19 heavy (non-hydrogen) atoms. The van der Waals surface area contributed by atoms with E-state index in [4.69, 9.17) is 0 Å². The minimum Gasteiger partial charge on any atom is -0.311 e. The maximum absolute atomic E-state index is 4.40. The van der Waals surface area contributed by atoms with E-state index in [0.717, 1.165) is 18.5 Å². The predicted molar refractivity (Wildman–Crippen MR) is 83.1 cm³/mol. The molecule has 1 heterocycles. The quantitative estimate of drug-likeness (QED) is 0.871. The lowest BCUT2D eigenvalue weighted by Crippen LogP contribution is -2.27. The van der Waals surface area contributed by atoms with Crippen LogP contribution in [0.3, 0.4) is 0 Å². The standard InChI is InChI=1S/C17H22N2/c1-4-10-18-14(3)13(2)12-15-9-11-19-17-8-6-5-7-16(15)17/h5-9,11-12,14,18H,4,10H2,1-3H3/b13-12+. The zero-order chi connectivity index (χ0) is 13.7. The van der Waals surface area contributed by atoms with Crippen LogP contribution in [0, 0.1) is 0 Å². The van der Waals surface area contributed by atoms with Crippen LogP contribution in [-0.4, -0.2) is 17.6 Å². The third-order valence-electron chi connectivity index (χ3n) is 3.45. The number of fused-ring (bicyclic) bond motifs is 1. The summed E-state index contributed by atoms with van der Waals surface area (Å²) in [4.78, 5) is 4.40. The first-order chi connectivity index (χ1) is 9.22. The molecule has 2 heteroatoms. The molecule has 0 aliphatic heterocycles. The fourth-order valence-corrected chi connectivity index (χ4v) is 2.14. The Morgan fingerprint density at radius 3 is 2.89 bits per heavy atom. The van der Waals surface area contributed by atoms with Gasteiger partial charge in [0, 0.05) is 17.6 Å². The number of benzene rings is 1. The SMILES string of the molecule is CCCNC(C)/C(C)=C/c1ccnc2ccccc12. The van der Waals surface area contributed by atoms with Crippen LogP contribution in [0.15, 0.2) is 42.1 Å². The molecule has 0 aliphatic rings. The van der Waals surface area contributed by atoms with Gasteiger partial charge in [-0.3, -0.25) is 4.98 Å². The van der Waals surface area contributed by atoms with E-state index in [9.17, 15) is 0 Å². The summed E-state index contributed by atoms with van der Waals surface area (Å²) in [6.45, 7) is 7.64. The van der Waals surface area contributed by atoms with Gasteiger partial charge in [0.2, 0.25) is 0 Å². The Balaban J connectivity index is 2.29.